The van der Waals surface area contributed by atoms with E-state index in [1.54, 1.807) is 17.4 Å². The van der Waals surface area contributed by atoms with Crippen molar-refractivity contribution in [1.82, 2.24) is 5.32 Å². The predicted octanol–water partition coefficient (Wildman–Crippen LogP) is 2.74. The molecule has 1 aromatic carbocycles. The zero-order valence-electron chi connectivity index (χ0n) is 13.4. The highest BCUT2D eigenvalue weighted by Gasteiger charge is 2.27. The molecular weight excluding hydrogens is 379 g/mol. The van der Waals surface area contributed by atoms with Gasteiger partial charge in [0.1, 0.15) is 6.54 Å². The maximum atomic E-state index is 11.9. The van der Waals surface area contributed by atoms with Crippen molar-refractivity contribution in [1.29, 1.82) is 0 Å². The summed E-state index contributed by atoms with van der Waals surface area (Å²) in [5, 5.41) is 1.90. The fourth-order valence-corrected chi connectivity index (χ4v) is 2.22. The molecule has 6 nitrogen and oxygen atoms in total. The van der Waals surface area contributed by atoms with E-state index in [1.807, 2.05) is 0 Å². The third-order valence-electron chi connectivity index (χ3n) is 3.07. The Balaban J connectivity index is 1.89. The van der Waals surface area contributed by atoms with Gasteiger partial charge in [0.25, 0.3) is 5.91 Å². The van der Waals surface area contributed by atoms with E-state index in [9.17, 15) is 22.8 Å². The molecule has 1 amide bonds. The summed E-state index contributed by atoms with van der Waals surface area (Å²) in [5.41, 5.74) is 0.526. The van der Waals surface area contributed by atoms with Crippen LogP contribution in [0.25, 0.3) is 6.08 Å². The smallest absolute Gasteiger partial charge is 0.405 e. The number of halogens is 4. The van der Waals surface area contributed by atoms with Crippen LogP contribution in [-0.2, 0) is 14.3 Å². The molecule has 2 rings (SSSR count). The summed E-state index contributed by atoms with van der Waals surface area (Å²) in [4.78, 5) is 22.7. The van der Waals surface area contributed by atoms with Gasteiger partial charge in [-0.2, -0.15) is 13.2 Å². The second kappa shape index (κ2) is 8.79. The van der Waals surface area contributed by atoms with Crippen LogP contribution in [0.5, 0.6) is 11.5 Å². The highest BCUT2D eigenvalue weighted by molar-refractivity contribution is 6.32. The van der Waals surface area contributed by atoms with Gasteiger partial charge in [-0.15, -0.1) is 0 Å². The molecule has 1 N–H and O–H groups in total. The normalized spacial score (nSPS) is 14.0. The van der Waals surface area contributed by atoms with Gasteiger partial charge in [0.2, 0.25) is 0 Å². The molecule has 1 heterocycles. The Labute approximate surface area is 151 Å². The third-order valence-corrected chi connectivity index (χ3v) is 3.35. The van der Waals surface area contributed by atoms with E-state index in [1.165, 1.54) is 6.08 Å². The van der Waals surface area contributed by atoms with Crippen LogP contribution < -0.4 is 14.8 Å². The first-order valence-corrected chi connectivity index (χ1v) is 7.90. The van der Waals surface area contributed by atoms with Gasteiger partial charge in [0.05, 0.1) is 18.2 Å². The molecule has 0 saturated carbocycles. The molecule has 0 aromatic heterocycles. The molecular formula is C16H15ClF3NO5. The van der Waals surface area contributed by atoms with Crippen LogP contribution in [0.2, 0.25) is 5.02 Å². The minimum absolute atomic E-state index is 0.309. The van der Waals surface area contributed by atoms with Gasteiger partial charge in [-0.25, -0.2) is 4.79 Å². The summed E-state index contributed by atoms with van der Waals surface area (Å²) in [6, 6.07) is 3.17. The first-order valence-electron chi connectivity index (χ1n) is 7.52. The quantitative estimate of drug-likeness (QED) is 0.615. The van der Waals surface area contributed by atoms with Crippen molar-refractivity contribution in [2.24, 2.45) is 0 Å². The Kier molecular flexibility index (Phi) is 6.73. The molecule has 142 valence electrons. The summed E-state index contributed by atoms with van der Waals surface area (Å²) in [6.07, 6.45) is -1.43. The number of amides is 1. The highest BCUT2D eigenvalue weighted by atomic mass is 35.5. The van der Waals surface area contributed by atoms with Gasteiger partial charge in [-0.05, 0) is 23.8 Å². The van der Waals surface area contributed by atoms with Crippen LogP contribution in [0.4, 0.5) is 13.2 Å². The van der Waals surface area contributed by atoms with Gasteiger partial charge in [0.15, 0.2) is 18.1 Å². The van der Waals surface area contributed by atoms with Gasteiger partial charge in [0, 0.05) is 12.5 Å². The van der Waals surface area contributed by atoms with E-state index in [4.69, 9.17) is 21.1 Å². The molecule has 0 fully saturated rings. The topological polar surface area (TPSA) is 73.9 Å². The molecule has 1 aromatic rings. The highest BCUT2D eigenvalue weighted by Crippen LogP contribution is 2.38. The SMILES string of the molecule is O=C(COC(=O)/C=C/c1cc(Cl)c2c(c1)OCCCO2)NCC(F)(F)F. The first-order chi connectivity index (χ1) is 12.2. The van der Waals surface area contributed by atoms with Crippen LogP contribution >= 0.6 is 11.6 Å². The number of carbonyl (C=O) groups is 2. The molecule has 1 aliphatic heterocycles. The summed E-state index contributed by atoms with van der Waals surface area (Å²) in [7, 11) is 0. The number of nitrogens with one attached hydrogen (secondary N) is 1. The fraction of sp³-hybridized carbons (Fsp3) is 0.375. The number of benzene rings is 1. The van der Waals surface area contributed by atoms with Crippen molar-refractivity contribution in [3.8, 4) is 11.5 Å². The van der Waals surface area contributed by atoms with Crippen LogP contribution in [-0.4, -0.2) is 44.4 Å². The average molecular weight is 394 g/mol. The lowest BCUT2D eigenvalue weighted by atomic mass is 10.2. The van der Waals surface area contributed by atoms with Crippen molar-refractivity contribution >= 4 is 29.6 Å². The molecule has 26 heavy (non-hydrogen) atoms. The lowest BCUT2D eigenvalue weighted by molar-refractivity contribution is -0.148. The number of fused-ring (bicyclic) bond motifs is 1. The Bertz CT molecular complexity index is 706. The summed E-state index contributed by atoms with van der Waals surface area (Å²) in [5.74, 6) is -1.09. The Morgan fingerprint density at radius 2 is 2.00 bits per heavy atom. The summed E-state index contributed by atoms with van der Waals surface area (Å²) < 4.78 is 51.4. The zero-order valence-corrected chi connectivity index (χ0v) is 14.2. The third kappa shape index (κ3) is 6.47. The van der Waals surface area contributed by atoms with Gasteiger partial charge < -0.3 is 19.5 Å². The van der Waals surface area contributed by atoms with Crippen molar-refractivity contribution < 1.29 is 37.0 Å². The van der Waals surface area contributed by atoms with Crippen molar-refractivity contribution in [2.45, 2.75) is 12.6 Å². The van der Waals surface area contributed by atoms with E-state index in [0.29, 0.717) is 41.7 Å². The number of carbonyl (C=O) groups excluding carboxylic acids is 2. The van der Waals surface area contributed by atoms with Crippen molar-refractivity contribution in [3.05, 3.63) is 28.8 Å². The molecule has 0 atom stereocenters. The van der Waals surface area contributed by atoms with Crippen LogP contribution in [0.1, 0.15) is 12.0 Å². The van der Waals surface area contributed by atoms with Crippen LogP contribution in [0.15, 0.2) is 18.2 Å². The Morgan fingerprint density at radius 1 is 1.27 bits per heavy atom. The van der Waals surface area contributed by atoms with Crippen LogP contribution in [0, 0.1) is 0 Å². The number of hydrogen-bond acceptors (Lipinski definition) is 5. The van der Waals surface area contributed by atoms with Crippen LogP contribution in [0.3, 0.4) is 0 Å². The summed E-state index contributed by atoms with van der Waals surface area (Å²) in [6.45, 7) is -1.37. The second-order valence-electron chi connectivity index (χ2n) is 5.21. The van der Waals surface area contributed by atoms with E-state index >= 15 is 0 Å². The number of rotatable bonds is 5. The second-order valence-corrected chi connectivity index (χ2v) is 5.62. The lowest BCUT2D eigenvalue weighted by Gasteiger charge is -2.10. The first kappa shape index (κ1) is 19.9. The Morgan fingerprint density at radius 3 is 2.73 bits per heavy atom. The van der Waals surface area contributed by atoms with Gasteiger partial charge in [-0.1, -0.05) is 11.6 Å². The van der Waals surface area contributed by atoms with E-state index in [-0.39, 0.29) is 0 Å². The number of hydrogen-bond donors (Lipinski definition) is 1. The molecule has 0 bridgehead atoms. The molecule has 0 saturated heterocycles. The van der Waals surface area contributed by atoms with E-state index in [0.717, 1.165) is 6.08 Å². The fourth-order valence-electron chi connectivity index (χ4n) is 1.95. The standard InChI is InChI=1S/C16H15ClF3NO5/c17-11-6-10(7-12-15(11)25-5-1-4-24-12)2-3-14(23)26-8-13(22)21-9-16(18,19)20/h2-3,6-7H,1,4-5,8-9H2,(H,21,22)/b3-2+. The average Bonchev–Trinajstić information content (AvgIpc) is 2.81. The van der Waals surface area contributed by atoms with Gasteiger partial charge >= 0.3 is 12.1 Å². The number of esters is 1. The maximum Gasteiger partial charge on any atom is 0.405 e. The maximum absolute atomic E-state index is 11.9. The minimum atomic E-state index is -4.53. The predicted molar refractivity (Wildman–Crippen MR) is 86.1 cm³/mol. The molecule has 0 unspecified atom stereocenters. The Hall–Kier alpha value is -2.42. The monoisotopic (exact) mass is 393 g/mol. The van der Waals surface area contributed by atoms with Crippen molar-refractivity contribution in [2.75, 3.05) is 26.4 Å². The van der Waals surface area contributed by atoms with E-state index < -0.39 is 31.2 Å². The minimum Gasteiger partial charge on any atom is -0.489 e. The lowest BCUT2D eigenvalue weighted by Crippen LogP contribution is -2.36. The molecule has 1 aliphatic rings. The summed E-state index contributed by atoms with van der Waals surface area (Å²) >= 11 is 6.11. The number of alkyl halides is 3. The molecule has 0 aliphatic carbocycles. The number of ether oxygens (including phenoxy) is 3. The molecule has 0 radical (unpaired) electrons. The largest absolute Gasteiger partial charge is 0.489 e. The molecule has 0 spiro atoms. The zero-order chi connectivity index (χ0) is 19.2. The van der Waals surface area contributed by atoms with Gasteiger partial charge in [-0.3, -0.25) is 4.79 Å². The van der Waals surface area contributed by atoms with Crippen molar-refractivity contribution in [3.63, 3.8) is 0 Å². The van der Waals surface area contributed by atoms with E-state index in [2.05, 4.69) is 4.74 Å². The molecule has 10 heteroatoms.